The number of methoxy groups -OCH3 is 1. The van der Waals surface area contributed by atoms with E-state index in [1.807, 2.05) is 6.07 Å². The summed E-state index contributed by atoms with van der Waals surface area (Å²) in [5.41, 5.74) is -0.373. The number of nitrogens with one attached hydrogen (secondary N) is 1. The number of hydrogen-bond acceptors (Lipinski definition) is 4. The molecule has 5 nitrogen and oxygen atoms in total. The summed E-state index contributed by atoms with van der Waals surface area (Å²) in [5, 5.41) is 9.24. The van der Waals surface area contributed by atoms with Crippen molar-refractivity contribution in [3.05, 3.63) is 23.8 Å². The summed E-state index contributed by atoms with van der Waals surface area (Å²) < 4.78 is 32.6. The predicted octanol–water partition coefficient (Wildman–Crippen LogP) is 2.22. The molecule has 0 saturated carbocycles. The van der Waals surface area contributed by atoms with Gasteiger partial charge in [0.25, 0.3) is 0 Å². The van der Waals surface area contributed by atoms with Crippen LogP contribution in [0, 0.1) is 24.2 Å². The molecule has 0 unspecified atom stereocenters. The van der Waals surface area contributed by atoms with Crippen molar-refractivity contribution < 1.29 is 13.2 Å². The monoisotopic (exact) mass is 296 g/mol. The van der Waals surface area contributed by atoms with Crippen LogP contribution in [0.15, 0.2) is 23.1 Å². The van der Waals surface area contributed by atoms with Crippen molar-refractivity contribution in [3.63, 3.8) is 0 Å². The Morgan fingerprint density at radius 2 is 2.00 bits per heavy atom. The van der Waals surface area contributed by atoms with Crippen molar-refractivity contribution in [1.29, 1.82) is 5.26 Å². The lowest BCUT2D eigenvalue weighted by atomic mass is 9.92. The lowest BCUT2D eigenvalue weighted by Crippen LogP contribution is -2.48. The minimum Gasteiger partial charge on any atom is -0.495 e. The molecular formula is C14H20N2O3S. The van der Waals surface area contributed by atoms with Gasteiger partial charge in [-0.05, 0) is 37.5 Å². The Bertz CT molecular complexity index is 632. The van der Waals surface area contributed by atoms with Crippen molar-refractivity contribution in [2.24, 2.45) is 5.92 Å². The lowest BCUT2D eigenvalue weighted by Gasteiger charge is -2.27. The fourth-order valence-electron chi connectivity index (χ4n) is 1.60. The number of nitriles is 1. The first-order valence-electron chi connectivity index (χ1n) is 6.26. The van der Waals surface area contributed by atoms with E-state index < -0.39 is 15.6 Å². The Kier molecular flexibility index (Phi) is 4.79. The molecule has 0 aliphatic heterocycles. The van der Waals surface area contributed by atoms with Crippen molar-refractivity contribution in [1.82, 2.24) is 4.72 Å². The van der Waals surface area contributed by atoms with E-state index in [1.54, 1.807) is 39.8 Å². The minimum atomic E-state index is -3.84. The average molecular weight is 296 g/mol. The van der Waals surface area contributed by atoms with Gasteiger partial charge < -0.3 is 4.74 Å². The summed E-state index contributed by atoms with van der Waals surface area (Å²) in [6.45, 7) is 6.94. The van der Waals surface area contributed by atoms with Gasteiger partial charge in [-0.2, -0.15) is 9.98 Å². The van der Waals surface area contributed by atoms with E-state index in [9.17, 15) is 13.7 Å². The smallest absolute Gasteiger partial charge is 0.245 e. The maximum atomic E-state index is 12.5. The van der Waals surface area contributed by atoms with Gasteiger partial charge >= 0.3 is 0 Å². The summed E-state index contributed by atoms with van der Waals surface area (Å²) in [6.07, 6.45) is 0. The lowest BCUT2D eigenvalue weighted by molar-refractivity contribution is 0.383. The SMILES string of the molecule is COc1ccc(C)cc1S(=O)(=O)N[C@@](C)(C#N)C(C)C. The summed E-state index contributed by atoms with van der Waals surface area (Å²) in [5.74, 6) is 0.0882. The number of rotatable bonds is 5. The molecule has 110 valence electrons. The highest BCUT2D eigenvalue weighted by molar-refractivity contribution is 7.89. The van der Waals surface area contributed by atoms with Crippen LogP contribution in [0.25, 0.3) is 0 Å². The molecule has 6 heteroatoms. The van der Waals surface area contributed by atoms with Gasteiger partial charge in [0.15, 0.2) is 0 Å². The number of nitrogens with zero attached hydrogens (tertiary/aromatic N) is 1. The van der Waals surface area contributed by atoms with E-state index in [0.717, 1.165) is 5.56 Å². The number of sulfonamides is 1. The normalized spacial score (nSPS) is 14.7. The Hall–Kier alpha value is -1.58. The van der Waals surface area contributed by atoms with Gasteiger partial charge in [0.2, 0.25) is 10.0 Å². The summed E-state index contributed by atoms with van der Waals surface area (Å²) >= 11 is 0. The topological polar surface area (TPSA) is 79.2 Å². The van der Waals surface area contributed by atoms with Gasteiger partial charge in [0.1, 0.15) is 16.2 Å². The van der Waals surface area contributed by atoms with E-state index >= 15 is 0 Å². The molecule has 1 N–H and O–H groups in total. The molecule has 1 aromatic rings. The first-order chi connectivity index (χ1) is 9.16. The number of aryl methyl sites for hydroxylation is 1. The second-order valence-electron chi connectivity index (χ2n) is 5.23. The Morgan fingerprint density at radius 1 is 1.40 bits per heavy atom. The molecule has 0 aliphatic carbocycles. The van der Waals surface area contributed by atoms with Crippen LogP contribution in [0.3, 0.4) is 0 Å². The second-order valence-corrected chi connectivity index (χ2v) is 6.88. The summed E-state index contributed by atoms with van der Waals surface area (Å²) in [7, 11) is -2.43. The van der Waals surface area contributed by atoms with E-state index in [-0.39, 0.29) is 16.6 Å². The van der Waals surface area contributed by atoms with Crippen LogP contribution < -0.4 is 9.46 Å². The zero-order valence-corrected chi connectivity index (χ0v) is 13.2. The molecule has 0 saturated heterocycles. The molecule has 0 heterocycles. The van der Waals surface area contributed by atoms with Crippen LogP contribution in [-0.2, 0) is 10.0 Å². The quantitative estimate of drug-likeness (QED) is 0.903. The van der Waals surface area contributed by atoms with Crippen LogP contribution in [0.1, 0.15) is 26.3 Å². The Morgan fingerprint density at radius 3 is 2.45 bits per heavy atom. The largest absolute Gasteiger partial charge is 0.495 e. The number of ether oxygens (including phenoxy) is 1. The third-order valence-electron chi connectivity index (χ3n) is 3.34. The number of hydrogen-bond donors (Lipinski definition) is 1. The maximum Gasteiger partial charge on any atom is 0.245 e. The van der Waals surface area contributed by atoms with Crippen LogP contribution in [0.5, 0.6) is 5.75 Å². The molecule has 1 rings (SSSR count). The standard InChI is InChI=1S/C14H20N2O3S/c1-10(2)14(4,9-15)16-20(17,18)13-8-11(3)6-7-12(13)19-5/h6-8,10,16H,1-5H3/t14-/m0/s1. The molecule has 0 spiro atoms. The Balaban J connectivity index is 3.32. The molecule has 0 radical (unpaired) electrons. The molecule has 1 atom stereocenters. The average Bonchev–Trinajstić information content (AvgIpc) is 2.37. The van der Waals surface area contributed by atoms with Crippen LogP contribution in [0.4, 0.5) is 0 Å². The molecule has 20 heavy (non-hydrogen) atoms. The number of benzene rings is 1. The molecular weight excluding hydrogens is 276 g/mol. The zero-order chi connectivity index (χ0) is 15.6. The van der Waals surface area contributed by atoms with Gasteiger partial charge in [-0.3, -0.25) is 0 Å². The van der Waals surface area contributed by atoms with Gasteiger partial charge in [-0.1, -0.05) is 19.9 Å². The third kappa shape index (κ3) is 3.30. The van der Waals surface area contributed by atoms with Crippen molar-refractivity contribution in [2.75, 3.05) is 7.11 Å². The highest BCUT2D eigenvalue weighted by atomic mass is 32.2. The second kappa shape index (κ2) is 5.81. The van der Waals surface area contributed by atoms with E-state index in [1.165, 1.54) is 13.2 Å². The summed E-state index contributed by atoms with van der Waals surface area (Å²) in [6, 6.07) is 6.92. The van der Waals surface area contributed by atoms with Gasteiger partial charge in [-0.25, -0.2) is 8.42 Å². The van der Waals surface area contributed by atoms with E-state index in [0.29, 0.717) is 0 Å². The third-order valence-corrected chi connectivity index (χ3v) is 4.93. The van der Waals surface area contributed by atoms with Crippen molar-refractivity contribution in [2.45, 2.75) is 38.1 Å². The fourth-order valence-corrected chi connectivity index (χ4v) is 3.30. The molecule has 0 aromatic heterocycles. The first kappa shape index (κ1) is 16.5. The Labute approximate surface area is 120 Å². The molecule has 0 bridgehead atoms. The van der Waals surface area contributed by atoms with Gasteiger partial charge in [0, 0.05) is 0 Å². The fraction of sp³-hybridized carbons (Fsp3) is 0.500. The maximum absolute atomic E-state index is 12.5. The van der Waals surface area contributed by atoms with Gasteiger partial charge in [0.05, 0.1) is 13.2 Å². The summed E-state index contributed by atoms with van der Waals surface area (Å²) in [4.78, 5) is 0.0436. The van der Waals surface area contributed by atoms with Crippen molar-refractivity contribution in [3.8, 4) is 11.8 Å². The molecule has 0 fully saturated rings. The van der Waals surface area contributed by atoms with Crippen molar-refractivity contribution >= 4 is 10.0 Å². The minimum absolute atomic E-state index is 0.0436. The zero-order valence-electron chi connectivity index (χ0n) is 12.4. The molecule has 0 aliphatic rings. The van der Waals surface area contributed by atoms with Crippen LogP contribution in [0.2, 0.25) is 0 Å². The predicted molar refractivity (Wildman–Crippen MR) is 76.9 cm³/mol. The van der Waals surface area contributed by atoms with E-state index in [4.69, 9.17) is 4.74 Å². The van der Waals surface area contributed by atoms with E-state index in [2.05, 4.69) is 4.72 Å². The molecule has 0 amide bonds. The highest BCUT2D eigenvalue weighted by Crippen LogP contribution is 2.27. The molecule has 1 aromatic carbocycles. The highest BCUT2D eigenvalue weighted by Gasteiger charge is 2.35. The first-order valence-corrected chi connectivity index (χ1v) is 7.74. The van der Waals surface area contributed by atoms with Gasteiger partial charge in [-0.15, -0.1) is 0 Å². The van der Waals surface area contributed by atoms with Crippen LogP contribution >= 0.6 is 0 Å². The van der Waals surface area contributed by atoms with Crippen LogP contribution in [-0.4, -0.2) is 21.1 Å².